The normalized spacial score (nSPS) is 24.2. The van der Waals surface area contributed by atoms with E-state index in [4.69, 9.17) is 32.1 Å². The highest BCUT2D eigenvalue weighted by atomic mass is 32.1. The fraction of sp³-hybridized carbons (Fsp3) is 0.557. The molecule has 8 N–H and O–H groups in total. The minimum absolute atomic E-state index is 0.00703. The SMILES string of the molecule is CCCCN1C(=CC=C2CCC/C(=C\C=C3/N(CCCC)c4ccc(S)cc4C3(C)C)C2=[N+]2CCC(C(=O)NCCCCCCOP(=O)(O)OP(=O)(O)OP(=O)(O)OP(=O)(O)OCC3CCC(n4cnc5c(=O)[nH]c(N)nc54)O3)CC2)C(C)(C)c2cc(C)ccc21. The molecular formula is C61H88N9O16P4S+. The first-order chi connectivity index (χ1) is 43.0. The van der Waals surface area contributed by atoms with E-state index in [1.165, 1.54) is 67.2 Å². The number of imidazole rings is 1. The summed E-state index contributed by atoms with van der Waals surface area (Å²) in [5.41, 5.74) is 17.6. The van der Waals surface area contributed by atoms with Gasteiger partial charge in [0.2, 0.25) is 17.6 Å². The number of nitrogens with two attached hydrogens (primary N) is 1. The molecule has 3 fully saturated rings. The number of aryl methyl sites for hydroxylation is 1. The van der Waals surface area contributed by atoms with E-state index in [0.29, 0.717) is 45.1 Å². The van der Waals surface area contributed by atoms with Crippen molar-refractivity contribution in [1.29, 1.82) is 0 Å². The van der Waals surface area contributed by atoms with Gasteiger partial charge >= 0.3 is 31.3 Å². The molecule has 1 amide bonds. The number of amides is 1. The summed E-state index contributed by atoms with van der Waals surface area (Å²) < 4.78 is 81.8. The number of hydrogen-bond acceptors (Lipinski definition) is 18. The topological polar surface area (TPSA) is 333 Å². The summed E-state index contributed by atoms with van der Waals surface area (Å²) in [6.07, 6.45) is 20.1. The highest BCUT2D eigenvalue weighted by Gasteiger charge is 2.47. The molecule has 6 unspecified atom stereocenters. The number of H-pyrrole nitrogens is 1. The van der Waals surface area contributed by atoms with Crippen LogP contribution in [0.25, 0.3) is 11.2 Å². The van der Waals surface area contributed by atoms with Gasteiger partial charge in [0.05, 0.1) is 25.6 Å². The number of nitrogen functional groups attached to an aromatic ring is 1. The molecule has 1 saturated carbocycles. The van der Waals surface area contributed by atoms with E-state index in [9.17, 15) is 47.4 Å². The molecule has 2 saturated heterocycles. The largest absolute Gasteiger partial charge is 0.490 e. The van der Waals surface area contributed by atoms with E-state index in [1.54, 1.807) is 0 Å². The van der Waals surface area contributed by atoms with Crippen molar-refractivity contribution in [3.05, 3.63) is 117 Å². The minimum atomic E-state index is -6.01. The van der Waals surface area contributed by atoms with Gasteiger partial charge in [0.25, 0.3) is 5.56 Å². The number of unbranched alkanes of at least 4 members (excludes halogenated alkanes) is 5. The average molecular weight is 1360 g/mol. The number of hydrogen-bond donors (Lipinski definition) is 8. The Bertz CT molecular complexity index is 3670. The van der Waals surface area contributed by atoms with E-state index in [0.717, 1.165) is 76.0 Å². The molecule has 4 aliphatic heterocycles. The fourth-order valence-electron chi connectivity index (χ4n) is 12.9. The third-order valence-corrected chi connectivity index (χ3v) is 23.7. The Hall–Kier alpha value is -4.84. The zero-order chi connectivity index (χ0) is 65.7. The number of benzene rings is 2. The maximum atomic E-state index is 13.7. The van der Waals surface area contributed by atoms with E-state index in [2.05, 4.69) is 157 Å². The molecule has 30 heteroatoms. The molecule has 2 aromatic carbocycles. The Kier molecular flexibility index (Phi) is 22.8. The number of aromatic amines is 1. The van der Waals surface area contributed by atoms with Crippen molar-refractivity contribution in [2.45, 2.75) is 173 Å². The molecule has 498 valence electrons. The number of thiol groups is 1. The molecule has 0 bridgehead atoms. The fourth-order valence-corrected chi connectivity index (χ4v) is 18.1. The lowest BCUT2D eigenvalue weighted by Gasteiger charge is -2.28. The van der Waals surface area contributed by atoms with Crippen molar-refractivity contribution < 1.29 is 73.9 Å². The minimum Gasteiger partial charge on any atom is -0.369 e. The van der Waals surface area contributed by atoms with Gasteiger partial charge < -0.3 is 45.2 Å². The maximum Gasteiger partial charge on any atom is 0.490 e. The lowest BCUT2D eigenvalue weighted by atomic mass is 9.82. The van der Waals surface area contributed by atoms with Crippen LogP contribution in [0.2, 0.25) is 0 Å². The monoisotopic (exact) mass is 1360 g/mol. The third kappa shape index (κ3) is 17.2. The van der Waals surface area contributed by atoms with Crippen molar-refractivity contribution in [2.75, 3.05) is 61.5 Å². The second-order valence-corrected chi connectivity index (χ2v) is 31.7. The van der Waals surface area contributed by atoms with Crippen LogP contribution in [0.3, 0.4) is 0 Å². The highest BCUT2D eigenvalue weighted by Crippen LogP contribution is 2.71. The summed E-state index contributed by atoms with van der Waals surface area (Å²) in [5.74, 6) is -0.352. The van der Waals surface area contributed by atoms with Crippen LogP contribution in [-0.2, 0) is 60.6 Å². The van der Waals surface area contributed by atoms with E-state index in [-0.39, 0.29) is 52.6 Å². The summed E-state index contributed by atoms with van der Waals surface area (Å²) in [6.45, 7) is 18.5. The number of carbonyl (C=O) groups is 1. The lowest BCUT2D eigenvalue weighted by molar-refractivity contribution is -0.539. The van der Waals surface area contributed by atoms with Crippen molar-refractivity contribution in [3.8, 4) is 0 Å². The predicted octanol–water partition coefficient (Wildman–Crippen LogP) is 12.0. The van der Waals surface area contributed by atoms with Gasteiger partial charge in [0.15, 0.2) is 11.2 Å². The number of phosphoric ester groups is 2. The highest BCUT2D eigenvalue weighted by molar-refractivity contribution is 7.80. The summed E-state index contributed by atoms with van der Waals surface area (Å²) in [5, 5.41) is 3.11. The van der Waals surface area contributed by atoms with Gasteiger partial charge in [-0.1, -0.05) is 97.1 Å². The standard InChI is InChI=1S/C61H87N9O16P4S/c1-8-10-32-68-49-24-19-41(3)37-47(49)60(4,5)51(68)26-20-42-17-16-18-43(21-27-52-61(6,7)48-38-46(91)23-25-50(48)69(52)33-11-9-2)55(42)67-34-29-44(30-35-67)57(71)63-31-14-12-13-15-36-81-87(73,74)84-89(77,78)86-90(79,80)85-88(75,76)82-39-45-22-28-53(83-45)70-40-64-54-56(70)65-59(62)66-58(54)72/h19-21,23-27,37-38,40,44-45,53H,8-18,22,28-36,39H2,1-7H3,(H8-,62,63,65,66,71,72,73,74,75,76,77,78,79,80,91)/p+1. The number of phosphoric acid groups is 4. The second kappa shape index (κ2) is 29.4. The van der Waals surface area contributed by atoms with Crippen LogP contribution in [0.1, 0.15) is 161 Å². The third-order valence-electron chi connectivity index (χ3n) is 17.5. The Balaban J connectivity index is 0.763. The number of nitrogens with one attached hydrogen (secondary N) is 2. The average Bonchev–Trinajstić information content (AvgIpc) is 1.61. The number of allylic oxidation sites excluding steroid dienone is 8. The first kappa shape index (κ1) is 70.5. The molecule has 9 rings (SSSR count). The van der Waals surface area contributed by atoms with Crippen LogP contribution >= 0.6 is 43.9 Å². The van der Waals surface area contributed by atoms with Gasteiger partial charge in [-0.2, -0.15) is 17.9 Å². The van der Waals surface area contributed by atoms with Crippen molar-refractivity contribution in [3.63, 3.8) is 0 Å². The zero-order valence-corrected chi connectivity index (χ0v) is 57.3. The Morgan fingerprint density at radius 1 is 0.780 bits per heavy atom. The number of fused-ring (bicyclic) bond motifs is 3. The van der Waals surface area contributed by atoms with Crippen LogP contribution in [0, 0.1) is 12.8 Å². The van der Waals surface area contributed by atoms with Gasteiger partial charge in [0, 0.05) is 88.0 Å². The number of anilines is 3. The quantitative estimate of drug-likeness (QED) is 0.0119. The number of carbonyl (C=O) groups excluding carboxylic acids is 1. The van der Waals surface area contributed by atoms with Gasteiger partial charge in [-0.25, -0.2) is 27.8 Å². The summed E-state index contributed by atoms with van der Waals surface area (Å²) in [7, 11) is -22.9. The van der Waals surface area contributed by atoms with Crippen LogP contribution < -0.4 is 26.4 Å². The molecule has 2 aromatic heterocycles. The zero-order valence-electron chi connectivity index (χ0n) is 52.8. The summed E-state index contributed by atoms with van der Waals surface area (Å²) in [4.78, 5) is 82.7. The number of piperidine rings is 1. The Labute approximate surface area is 537 Å². The molecule has 6 heterocycles. The Morgan fingerprint density at radius 3 is 1.97 bits per heavy atom. The van der Waals surface area contributed by atoms with Gasteiger partial charge in [-0.15, -0.1) is 12.6 Å². The number of ether oxygens (including phenoxy) is 1. The maximum absolute atomic E-state index is 13.7. The number of aromatic nitrogens is 4. The summed E-state index contributed by atoms with van der Waals surface area (Å²) >= 11 is 4.75. The van der Waals surface area contributed by atoms with Crippen molar-refractivity contribution in [1.82, 2.24) is 24.8 Å². The van der Waals surface area contributed by atoms with Crippen LogP contribution in [-0.4, -0.2) is 107 Å². The predicted molar refractivity (Wildman–Crippen MR) is 351 cm³/mol. The molecule has 0 radical (unpaired) electrons. The molecule has 1 aliphatic carbocycles. The molecule has 5 aliphatic rings. The van der Waals surface area contributed by atoms with Crippen molar-refractivity contribution >= 4 is 84.0 Å². The van der Waals surface area contributed by atoms with Crippen molar-refractivity contribution in [2.24, 2.45) is 5.92 Å². The lowest BCUT2D eigenvalue weighted by Crippen LogP contribution is -2.40. The van der Waals surface area contributed by atoms with Crippen LogP contribution in [0.4, 0.5) is 17.3 Å². The first-order valence-electron chi connectivity index (χ1n) is 31.4. The first-order valence-corrected chi connectivity index (χ1v) is 37.8. The van der Waals surface area contributed by atoms with Gasteiger partial charge in [-0.3, -0.25) is 28.2 Å². The van der Waals surface area contributed by atoms with Gasteiger partial charge in [0.1, 0.15) is 19.3 Å². The molecule has 6 atom stereocenters. The molecule has 25 nitrogen and oxygen atoms in total. The number of nitrogens with zero attached hydrogens (tertiary/aromatic N) is 6. The second-order valence-electron chi connectivity index (χ2n) is 25.0. The molecular weight excluding hydrogens is 1270 g/mol. The van der Waals surface area contributed by atoms with Crippen LogP contribution in [0.15, 0.2) is 99.3 Å². The molecule has 0 spiro atoms. The van der Waals surface area contributed by atoms with E-state index in [1.807, 2.05) is 0 Å². The van der Waals surface area contributed by atoms with Crippen LogP contribution in [0.5, 0.6) is 0 Å². The smallest absolute Gasteiger partial charge is 0.369 e. The molecule has 91 heavy (non-hydrogen) atoms. The molecule has 4 aromatic rings. The number of rotatable bonds is 27. The Morgan fingerprint density at radius 2 is 1.35 bits per heavy atom. The van der Waals surface area contributed by atoms with E-state index < -0.39 is 62.4 Å². The summed E-state index contributed by atoms with van der Waals surface area (Å²) in [6, 6.07) is 13.3. The van der Waals surface area contributed by atoms with Gasteiger partial charge in [-0.05, 0) is 112 Å². The van der Waals surface area contributed by atoms with E-state index >= 15 is 0 Å².